The van der Waals surface area contributed by atoms with Gasteiger partial charge in [-0.3, -0.25) is 4.79 Å². The number of aromatic nitrogens is 1. The fourth-order valence-electron chi connectivity index (χ4n) is 2.82. The fourth-order valence-corrected chi connectivity index (χ4v) is 4.04. The second kappa shape index (κ2) is 6.62. The van der Waals surface area contributed by atoms with Crippen molar-refractivity contribution in [1.82, 2.24) is 9.88 Å². The lowest BCUT2D eigenvalue weighted by atomic mass is 10.2. The molecule has 0 spiro atoms. The van der Waals surface area contributed by atoms with Crippen molar-refractivity contribution in [3.05, 3.63) is 44.7 Å². The van der Waals surface area contributed by atoms with Crippen molar-refractivity contribution in [2.24, 2.45) is 0 Å². The van der Waals surface area contributed by atoms with Crippen LogP contribution >= 0.6 is 23.6 Å². The smallest absolute Gasteiger partial charge is 0.265 e. The Kier molecular flexibility index (Phi) is 4.59. The molecule has 116 valence electrons. The zero-order valence-electron chi connectivity index (χ0n) is 12.2. The summed E-state index contributed by atoms with van der Waals surface area (Å²) < 4.78 is 2.47. The van der Waals surface area contributed by atoms with Gasteiger partial charge in [0, 0.05) is 6.04 Å². The Bertz CT molecular complexity index is 715. The molecule has 1 heterocycles. The summed E-state index contributed by atoms with van der Waals surface area (Å²) in [6.45, 7) is 0.596. The number of anilines is 1. The maximum Gasteiger partial charge on any atom is 0.265 e. The molecular weight excluding hydrogens is 314 g/mol. The number of nitrogens with two attached hydrogens (primary N) is 1. The second-order valence-corrected chi connectivity index (χ2v) is 7.25. The summed E-state index contributed by atoms with van der Waals surface area (Å²) in [5.41, 5.74) is 7.29. The number of thiazole rings is 1. The van der Waals surface area contributed by atoms with E-state index in [1.54, 1.807) is 0 Å². The molecule has 0 bridgehead atoms. The molecule has 2 aromatic rings. The highest BCUT2D eigenvalue weighted by Gasteiger charge is 2.22. The highest BCUT2D eigenvalue weighted by molar-refractivity contribution is 7.73. The molecule has 6 heteroatoms. The predicted octanol–water partition coefficient (Wildman–Crippen LogP) is 3.58. The number of hydrogen-bond donors (Lipinski definition) is 2. The van der Waals surface area contributed by atoms with Crippen LogP contribution in [-0.4, -0.2) is 16.5 Å². The minimum absolute atomic E-state index is 0.0905. The van der Waals surface area contributed by atoms with Crippen LogP contribution in [0.3, 0.4) is 0 Å². The van der Waals surface area contributed by atoms with Gasteiger partial charge in [0.2, 0.25) is 0 Å². The van der Waals surface area contributed by atoms with Crippen molar-refractivity contribution >= 4 is 35.3 Å². The molecule has 0 atom stereocenters. The summed E-state index contributed by atoms with van der Waals surface area (Å²) in [5.74, 6) is 0.377. The van der Waals surface area contributed by atoms with E-state index >= 15 is 0 Å². The van der Waals surface area contributed by atoms with Crippen LogP contribution < -0.4 is 11.1 Å². The minimum Gasteiger partial charge on any atom is -0.384 e. The van der Waals surface area contributed by atoms with Crippen LogP contribution in [0.5, 0.6) is 0 Å². The molecule has 1 saturated carbocycles. The summed E-state index contributed by atoms with van der Waals surface area (Å²) in [4.78, 5) is 12.9. The van der Waals surface area contributed by atoms with E-state index in [2.05, 4.69) is 5.32 Å². The molecule has 1 fully saturated rings. The minimum atomic E-state index is -0.0905. The summed E-state index contributed by atoms with van der Waals surface area (Å²) in [6.07, 6.45) is 4.49. The third kappa shape index (κ3) is 3.23. The van der Waals surface area contributed by atoms with Gasteiger partial charge < -0.3 is 15.6 Å². The molecule has 4 nitrogen and oxygen atoms in total. The van der Waals surface area contributed by atoms with Crippen molar-refractivity contribution in [1.29, 1.82) is 0 Å². The maximum atomic E-state index is 12.4. The van der Waals surface area contributed by atoms with Crippen LogP contribution in [0.1, 0.15) is 40.9 Å². The zero-order chi connectivity index (χ0) is 15.5. The molecule has 1 aliphatic rings. The van der Waals surface area contributed by atoms with E-state index in [0.717, 1.165) is 18.4 Å². The summed E-state index contributed by atoms with van der Waals surface area (Å²) >= 11 is 6.68. The Labute approximate surface area is 139 Å². The largest absolute Gasteiger partial charge is 0.384 e. The Morgan fingerprint density at radius 2 is 2.00 bits per heavy atom. The molecule has 0 aliphatic heterocycles. The summed E-state index contributed by atoms with van der Waals surface area (Å²) in [5, 5.41) is 3.07. The number of carbonyl (C=O) groups excluding carboxylic acids is 1. The molecule has 0 unspecified atom stereocenters. The quantitative estimate of drug-likeness (QED) is 0.841. The van der Waals surface area contributed by atoms with Crippen molar-refractivity contribution in [2.45, 2.75) is 38.3 Å². The number of amides is 1. The monoisotopic (exact) mass is 333 g/mol. The number of nitrogens with zero attached hydrogens (tertiary/aromatic N) is 1. The number of benzene rings is 1. The Morgan fingerprint density at radius 1 is 1.32 bits per heavy atom. The van der Waals surface area contributed by atoms with Gasteiger partial charge in [-0.25, -0.2) is 0 Å². The normalized spacial score (nSPS) is 15.1. The van der Waals surface area contributed by atoms with Crippen molar-refractivity contribution in [2.75, 3.05) is 5.73 Å². The Morgan fingerprint density at radius 3 is 2.68 bits per heavy atom. The van der Waals surface area contributed by atoms with Crippen LogP contribution in [0.25, 0.3) is 0 Å². The first-order chi connectivity index (χ1) is 10.6. The van der Waals surface area contributed by atoms with Gasteiger partial charge in [-0.2, -0.15) is 0 Å². The molecule has 1 aromatic carbocycles. The van der Waals surface area contributed by atoms with E-state index < -0.39 is 0 Å². The molecule has 0 radical (unpaired) electrons. The van der Waals surface area contributed by atoms with Gasteiger partial charge in [-0.15, -0.1) is 0 Å². The van der Waals surface area contributed by atoms with Crippen LogP contribution in [0.4, 0.5) is 5.82 Å². The number of carbonyl (C=O) groups is 1. The second-order valence-electron chi connectivity index (χ2n) is 5.61. The van der Waals surface area contributed by atoms with Crippen LogP contribution in [0.15, 0.2) is 30.3 Å². The fraction of sp³-hybridized carbons (Fsp3) is 0.375. The molecule has 1 aromatic heterocycles. The predicted molar refractivity (Wildman–Crippen MR) is 92.8 cm³/mol. The number of hydrogen-bond acceptors (Lipinski definition) is 4. The Hall–Kier alpha value is -1.66. The summed E-state index contributed by atoms with van der Waals surface area (Å²) in [6, 6.07) is 10.3. The Balaban J connectivity index is 1.80. The average molecular weight is 333 g/mol. The van der Waals surface area contributed by atoms with E-state index in [4.69, 9.17) is 18.0 Å². The first-order valence-corrected chi connectivity index (χ1v) is 8.71. The topological polar surface area (TPSA) is 60.1 Å². The van der Waals surface area contributed by atoms with Crippen LogP contribution in [0, 0.1) is 3.95 Å². The first-order valence-electron chi connectivity index (χ1n) is 7.49. The lowest BCUT2D eigenvalue weighted by molar-refractivity contribution is 0.0942. The van der Waals surface area contributed by atoms with Gasteiger partial charge in [0.1, 0.15) is 10.7 Å². The standard InChI is InChI=1S/C16H19N3OS2/c17-14-13(15(20)18-12-8-4-5-9-12)22-16(21)19(14)10-11-6-2-1-3-7-11/h1-3,6-7,12H,4-5,8-10,17H2,(H,18,20). The van der Waals surface area contributed by atoms with E-state index in [-0.39, 0.29) is 11.9 Å². The van der Waals surface area contributed by atoms with E-state index in [9.17, 15) is 4.79 Å². The maximum absolute atomic E-state index is 12.4. The molecule has 3 rings (SSSR count). The zero-order valence-corrected chi connectivity index (χ0v) is 13.9. The van der Waals surface area contributed by atoms with Gasteiger partial charge in [-0.1, -0.05) is 54.5 Å². The average Bonchev–Trinajstić information content (AvgIpc) is 3.11. The van der Waals surface area contributed by atoms with Gasteiger partial charge >= 0.3 is 0 Å². The molecule has 3 N–H and O–H groups in total. The van der Waals surface area contributed by atoms with Gasteiger partial charge in [-0.05, 0) is 30.6 Å². The van der Waals surface area contributed by atoms with Crippen molar-refractivity contribution in [3.63, 3.8) is 0 Å². The number of nitrogens with one attached hydrogen (secondary N) is 1. The van der Waals surface area contributed by atoms with Crippen molar-refractivity contribution < 1.29 is 4.79 Å². The molecule has 1 aliphatic carbocycles. The third-order valence-electron chi connectivity index (χ3n) is 4.01. The highest BCUT2D eigenvalue weighted by Crippen LogP contribution is 2.25. The van der Waals surface area contributed by atoms with Gasteiger partial charge in [0.25, 0.3) is 5.91 Å². The molecule has 0 saturated heterocycles. The van der Waals surface area contributed by atoms with E-state index in [1.165, 1.54) is 24.2 Å². The molecular formula is C16H19N3OS2. The summed E-state index contributed by atoms with van der Waals surface area (Å²) in [7, 11) is 0. The van der Waals surface area contributed by atoms with Gasteiger partial charge in [0.05, 0.1) is 6.54 Å². The first kappa shape index (κ1) is 15.2. The highest BCUT2D eigenvalue weighted by atomic mass is 32.1. The number of rotatable bonds is 4. The van der Waals surface area contributed by atoms with E-state index in [1.807, 2.05) is 34.9 Å². The third-order valence-corrected chi connectivity index (χ3v) is 5.48. The molecule has 1 amide bonds. The van der Waals surface area contributed by atoms with Crippen LogP contribution in [0.2, 0.25) is 0 Å². The molecule has 22 heavy (non-hydrogen) atoms. The lowest BCUT2D eigenvalue weighted by Gasteiger charge is -2.11. The van der Waals surface area contributed by atoms with Crippen molar-refractivity contribution in [3.8, 4) is 0 Å². The van der Waals surface area contributed by atoms with Gasteiger partial charge in [0.15, 0.2) is 3.95 Å². The number of nitrogen functional groups attached to an aromatic ring is 1. The van der Waals surface area contributed by atoms with E-state index in [0.29, 0.717) is 21.2 Å². The van der Waals surface area contributed by atoms with Crippen LogP contribution in [-0.2, 0) is 6.54 Å². The SMILES string of the molecule is Nc1c(C(=O)NC2CCCC2)sc(=S)n1Cc1ccccc1. The lowest BCUT2D eigenvalue weighted by Crippen LogP contribution is -2.32.